The van der Waals surface area contributed by atoms with Crippen LogP contribution >= 0.6 is 0 Å². The number of aromatic nitrogens is 2. The maximum Gasteiger partial charge on any atom is 0.356 e. The summed E-state index contributed by atoms with van der Waals surface area (Å²) in [5.41, 5.74) is 0.126. The minimum absolute atomic E-state index is 0.0255. The van der Waals surface area contributed by atoms with Crippen LogP contribution in [0.25, 0.3) is 5.69 Å². The molecular formula is C11H11N3O4S. The predicted octanol–water partition coefficient (Wildman–Crippen LogP) is 0.479. The summed E-state index contributed by atoms with van der Waals surface area (Å²) in [6.07, 6.45) is 1.40. The Morgan fingerprint density at radius 3 is 2.58 bits per heavy atom. The second-order valence-corrected chi connectivity index (χ2v) is 5.48. The zero-order chi connectivity index (χ0) is 14.0. The number of nitrogens with zero attached hydrogens (tertiary/aromatic N) is 2. The number of carboxylic acid groups (broad SMARTS) is 1. The first kappa shape index (κ1) is 13.2. The molecular weight excluding hydrogens is 270 g/mol. The zero-order valence-electron chi connectivity index (χ0n) is 9.94. The molecule has 0 aliphatic heterocycles. The molecule has 0 spiro atoms. The van der Waals surface area contributed by atoms with Gasteiger partial charge >= 0.3 is 5.97 Å². The van der Waals surface area contributed by atoms with E-state index in [9.17, 15) is 13.2 Å². The molecule has 8 heteroatoms. The van der Waals surface area contributed by atoms with E-state index in [0.717, 1.165) is 0 Å². The fourth-order valence-corrected chi connectivity index (χ4v) is 2.47. The molecule has 100 valence electrons. The molecule has 0 saturated carbocycles. The fraction of sp³-hybridized carbons (Fsp3) is 0.0909. The van der Waals surface area contributed by atoms with Gasteiger partial charge in [0.1, 0.15) is 4.90 Å². The molecule has 1 heterocycles. The molecule has 2 rings (SSSR count). The third-order valence-electron chi connectivity index (χ3n) is 2.48. The Labute approximate surface area is 109 Å². The topological polar surface area (TPSA) is 101 Å². The van der Waals surface area contributed by atoms with Gasteiger partial charge in [0.05, 0.1) is 5.69 Å². The highest BCUT2D eigenvalue weighted by Gasteiger charge is 2.18. The molecule has 7 nitrogen and oxygen atoms in total. The van der Waals surface area contributed by atoms with Crippen LogP contribution in [0.3, 0.4) is 0 Å². The lowest BCUT2D eigenvalue weighted by Crippen LogP contribution is -2.20. The smallest absolute Gasteiger partial charge is 0.356 e. The van der Waals surface area contributed by atoms with Crippen LogP contribution in [-0.4, -0.2) is 36.3 Å². The number of carboxylic acids is 1. The van der Waals surface area contributed by atoms with Crippen LogP contribution in [0, 0.1) is 0 Å². The fourth-order valence-electron chi connectivity index (χ4n) is 1.56. The second-order valence-electron chi connectivity index (χ2n) is 3.63. The average molecular weight is 281 g/mol. The van der Waals surface area contributed by atoms with Gasteiger partial charge in [-0.15, -0.1) is 0 Å². The maximum absolute atomic E-state index is 11.9. The summed E-state index contributed by atoms with van der Waals surface area (Å²) in [7, 11) is -2.34. The van der Waals surface area contributed by atoms with Crippen molar-refractivity contribution >= 4 is 16.0 Å². The van der Waals surface area contributed by atoms with Crippen LogP contribution in [0.15, 0.2) is 41.4 Å². The lowest BCUT2D eigenvalue weighted by molar-refractivity contribution is 0.0690. The number of sulfonamides is 1. The highest BCUT2D eigenvalue weighted by molar-refractivity contribution is 7.89. The van der Waals surface area contributed by atoms with Crippen LogP contribution in [0.5, 0.6) is 0 Å². The summed E-state index contributed by atoms with van der Waals surface area (Å²) < 4.78 is 27.2. The number of rotatable bonds is 4. The van der Waals surface area contributed by atoms with E-state index in [1.807, 2.05) is 0 Å². The second kappa shape index (κ2) is 4.82. The van der Waals surface area contributed by atoms with Crippen molar-refractivity contribution in [3.8, 4) is 5.69 Å². The lowest BCUT2D eigenvalue weighted by Gasteiger charge is -2.09. The van der Waals surface area contributed by atoms with Crippen LogP contribution in [0.2, 0.25) is 0 Å². The first-order valence-corrected chi connectivity index (χ1v) is 6.76. The van der Waals surface area contributed by atoms with Gasteiger partial charge in [-0.25, -0.2) is 22.6 Å². The van der Waals surface area contributed by atoms with E-state index in [4.69, 9.17) is 5.11 Å². The van der Waals surface area contributed by atoms with Crippen LogP contribution < -0.4 is 4.72 Å². The summed E-state index contributed by atoms with van der Waals surface area (Å²) >= 11 is 0. The molecule has 0 saturated heterocycles. The first-order chi connectivity index (χ1) is 8.95. The largest absolute Gasteiger partial charge is 0.476 e. The lowest BCUT2D eigenvalue weighted by atomic mass is 10.3. The SMILES string of the molecule is CNS(=O)(=O)c1ccccc1-n1ccc(C(=O)O)n1. The van der Waals surface area contributed by atoms with Gasteiger partial charge in [0.25, 0.3) is 0 Å². The van der Waals surface area contributed by atoms with E-state index in [2.05, 4.69) is 9.82 Å². The minimum atomic E-state index is -3.65. The van der Waals surface area contributed by atoms with Gasteiger partial charge in [0.2, 0.25) is 10.0 Å². The summed E-state index contributed by atoms with van der Waals surface area (Å²) in [4.78, 5) is 10.8. The van der Waals surface area contributed by atoms with E-state index in [-0.39, 0.29) is 16.3 Å². The minimum Gasteiger partial charge on any atom is -0.476 e. The van der Waals surface area contributed by atoms with Crippen molar-refractivity contribution in [3.05, 3.63) is 42.2 Å². The molecule has 0 atom stereocenters. The van der Waals surface area contributed by atoms with Gasteiger partial charge in [-0.05, 0) is 25.2 Å². The predicted molar refractivity (Wildman–Crippen MR) is 66.8 cm³/mol. The number of aromatic carboxylic acids is 1. The molecule has 0 aliphatic carbocycles. The standard InChI is InChI=1S/C11H11N3O4S/c1-12-19(17,18)10-5-3-2-4-9(10)14-7-6-8(13-14)11(15)16/h2-7,12H,1H3,(H,15,16). The van der Waals surface area contributed by atoms with E-state index in [0.29, 0.717) is 0 Å². The molecule has 0 aliphatic rings. The molecule has 1 aromatic heterocycles. The summed E-state index contributed by atoms with van der Waals surface area (Å²) in [5, 5.41) is 12.6. The molecule has 0 bridgehead atoms. The maximum atomic E-state index is 11.9. The Bertz CT molecular complexity index is 721. The highest BCUT2D eigenvalue weighted by atomic mass is 32.2. The molecule has 2 N–H and O–H groups in total. The van der Waals surface area contributed by atoms with Crippen molar-refractivity contribution in [1.82, 2.24) is 14.5 Å². The number of nitrogens with one attached hydrogen (secondary N) is 1. The Hall–Kier alpha value is -2.19. The number of benzene rings is 1. The van der Waals surface area contributed by atoms with Gasteiger partial charge in [0.15, 0.2) is 5.69 Å². The van der Waals surface area contributed by atoms with Gasteiger partial charge in [0, 0.05) is 6.20 Å². The third-order valence-corrected chi connectivity index (χ3v) is 3.94. The molecule has 1 aromatic carbocycles. The average Bonchev–Trinajstić information content (AvgIpc) is 2.88. The van der Waals surface area contributed by atoms with Crippen molar-refractivity contribution in [2.45, 2.75) is 4.90 Å². The monoisotopic (exact) mass is 281 g/mol. The van der Waals surface area contributed by atoms with E-state index in [1.165, 1.54) is 30.1 Å². The number of hydrogen-bond donors (Lipinski definition) is 2. The quantitative estimate of drug-likeness (QED) is 0.848. The van der Waals surface area contributed by atoms with Crippen molar-refractivity contribution < 1.29 is 18.3 Å². The summed E-state index contributed by atoms with van der Waals surface area (Å²) in [6, 6.07) is 7.48. The first-order valence-electron chi connectivity index (χ1n) is 5.27. The Morgan fingerprint density at radius 1 is 1.32 bits per heavy atom. The van der Waals surface area contributed by atoms with Crippen LogP contribution in [0.1, 0.15) is 10.5 Å². The van der Waals surface area contributed by atoms with Crippen molar-refractivity contribution in [1.29, 1.82) is 0 Å². The number of para-hydroxylation sites is 1. The third kappa shape index (κ3) is 2.49. The number of hydrogen-bond acceptors (Lipinski definition) is 4. The Balaban J connectivity index is 2.59. The van der Waals surface area contributed by atoms with Crippen molar-refractivity contribution in [3.63, 3.8) is 0 Å². The Kier molecular flexibility index (Phi) is 3.36. The number of carbonyl (C=O) groups is 1. The molecule has 2 aromatic rings. The van der Waals surface area contributed by atoms with Gasteiger partial charge in [-0.2, -0.15) is 5.10 Å². The molecule has 0 unspecified atom stereocenters. The van der Waals surface area contributed by atoms with Gasteiger partial charge in [-0.1, -0.05) is 12.1 Å². The molecule has 19 heavy (non-hydrogen) atoms. The normalized spacial score (nSPS) is 11.4. The molecule has 0 radical (unpaired) electrons. The van der Waals surface area contributed by atoms with Crippen molar-refractivity contribution in [2.24, 2.45) is 0 Å². The zero-order valence-corrected chi connectivity index (χ0v) is 10.8. The summed E-state index contributed by atoms with van der Waals surface area (Å²) in [6.45, 7) is 0. The van der Waals surface area contributed by atoms with Crippen LogP contribution in [0.4, 0.5) is 0 Å². The van der Waals surface area contributed by atoms with Crippen molar-refractivity contribution in [2.75, 3.05) is 7.05 Å². The van der Waals surface area contributed by atoms with Gasteiger partial charge < -0.3 is 5.11 Å². The highest BCUT2D eigenvalue weighted by Crippen LogP contribution is 2.19. The van der Waals surface area contributed by atoms with Gasteiger partial charge in [-0.3, -0.25) is 0 Å². The van der Waals surface area contributed by atoms with E-state index >= 15 is 0 Å². The summed E-state index contributed by atoms with van der Waals surface area (Å²) in [5.74, 6) is -1.17. The van der Waals surface area contributed by atoms with Crippen LogP contribution in [-0.2, 0) is 10.0 Å². The van der Waals surface area contributed by atoms with E-state index in [1.54, 1.807) is 18.2 Å². The molecule has 0 amide bonds. The molecule has 0 fully saturated rings. The van der Waals surface area contributed by atoms with E-state index < -0.39 is 16.0 Å². The Morgan fingerprint density at radius 2 is 2.00 bits per heavy atom.